The molecule has 24 heavy (non-hydrogen) atoms. The minimum absolute atomic E-state index is 0.886. The molecule has 0 saturated heterocycles. The van der Waals surface area contributed by atoms with Gasteiger partial charge < -0.3 is 0 Å². The number of hydrogen-bond acceptors (Lipinski definition) is 0. The summed E-state index contributed by atoms with van der Waals surface area (Å²) in [6.07, 6.45) is 0. The number of nitrogens with zero attached hydrogens (tertiary/aromatic N) is 1. The molecule has 0 unspecified atom stereocenters. The zero-order valence-electron chi connectivity index (χ0n) is 13.6. The zero-order chi connectivity index (χ0) is 18.7. The van der Waals surface area contributed by atoms with Crippen molar-refractivity contribution in [1.82, 2.24) is 4.48 Å². The van der Waals surface area contributed by atoms with E-state index in [1.807, 2.05) is 0 Å². The van der Waals surface area contributed by atoms with E-state index in [9.17, 15) is 16.9 Å². The van der Waals surface area contributed by atoms with Crippen molar-refractivity contribution in [2.75, 3.05) is 14.1 Å². The Morgan fingerprint density at radius 1 is 0.750 bits per heavy atom. The van der Waals surface area contributed by atoms with Gasteiger partial charge in [-0.1, -0.05) is 48.5 Å². The molecule has 0 aromatic heterocycles. The van der Waals surface area contributed by atoms with E-state index >= 15 is 0 Å². The summed E-state index contributed by atoms with van der Waals surface area (Å²) in [4.78, 5) is 0. The number of aryl methyl sites for hydroxylation is 1. The van der Waals surface area contributed by atoms with E-state index < -0.39 is 19.5 Å². The van der Waals surface area contributed by atoms with E-state index in [0.29, 0.717) is 0 Å². The van der Waals surface area contributed by atoms with Crippen LogP contribution in [0.3, 0.4) is 0 Å². The van der Waals surface area contributed by atoms with Gasteiger partial charge in [-0.05, 0) is 13.0 Å². The minimum atomic E-state index is -11.2. The third kappa shape index (κ3) is 9.83. The second-order valence-electron chi connectivity index (χ2n) is 6.07. The average molecular weight is 462 g/mol. The summed E-state index contributed by atoms with van der Waals surface area (Å²) in [6.45, 7) is 3.20. The summed E-state index contributed by atoms with van der Waals surface area (Å²) in [5, 5.41) is 0. The molecule has 0 aliphatic rings. The summed E-state index contributed by atoms with van der Waals surface area (Å²) < 4.78 is 60.4. The summed E-state index contributed by atoms with van der Waals surface area (Å²) in [5.74, 6) is 0. The Morgan fingerprint density at radius 3 is 1.62 bits per heavy atom. The summed E-state index contributed by atoms with van der Waals surface area (Å²) >= 11 is -11.2. The van der Waals surface area contributed by atoms with Crippen LogP contribution in [0.4, 0.5) is 22.6 Å². The fourth-order valence-corrected chi connectivity index (χ4v) is 2.37. The van der Waals surface area contributed by atoms with E-state index in [1.54, 1.807) is 0 Å². The van der Waals surface area contributed by atoms with Gasteiger partial charge in [0.15, 0.2) is 0 Å². The van der Waals surface area contributed by atoms with Crippen molar-refractivity contribution in [2.45, 2.75) is 13.5 Å². The molecular formula is C16H20F6NSb. The third-order valence-electron chi connectivity index (χ3n) is 3.19. The second kappa shape index (κ2) is 6.26. The van der Waals surface area contributed by atoms with E-state index in [0.717, 1.165) is 11.0 Å². The van der Waals surface area contributed by atoms with Gasteiger partial charge in [0.25, 0.3) is 0 Å². The molecule has 0 aliphatic heterocycles. The molecule has 0 aliphatic carbocycles. The van der Waals surface area contributed by atoms with Crippen LogP contribution in [0.2, 0.25) is 0 Å². The van der Waals surface area contributed by atoms with Crippen molar-refractivity contribution < 1.29 is 16.9 Å². The number of rotatable bonds is 3. The monoisotopic (exact) mass is 461 g/mol. The molecule has 0 atom stereocenters. The van der Waals surface area contributed by atoms with E-state index in [1.165, 1.54) is 16.8 Å². The number of benzene rings is 2. The van der Waals surface area contributed by atoms with Gasteiger partial charge in [-0.15, -0.1) is 0 Å². The summed E-state index contributed by atoms with van der Waals surface area (Å²) in [6, 6.07) is 19.3. The normalized spacial score (nSPS) is 14.9. The van der Waals surface area contributed by atoms with Crippen LogP contribution in [0, 0.1) is 6.92 Å². The number of quaternary nitrogens is 1. The fraction of sp³-hybridized carbons (Fsp3) is 0.250. The first-order chi connectivity index (χ1) is 10.5. The van der Waals surface area contributed by atoms with Gasteiger partial charge in [0.1, 0.15) is 12.2 Å². The van der Waals surface area contributed by atoms with Crippen molar-refractivity contribution in [3.05, 3.63) is 65.7 Å². The molecule has 0 amide bonds. The first-order valence-corrected chi connectivity index (χ1v) is 12.8. The topological polar surface area (TPSA) is 0 Å². The molecule has 0 spiro atoms. The summed E-state index contributed by atoms with van der Waals surface area (Å²) in [5.41, 5.74) is 4.12. The first kappa shape index (κ1) is 20.8. The Hall–Kier alpha value is -1.20. The van der Waals surface area contributed by atoms with Crippen molar-refractivity contribution in [3.63, 3.8) is 0 Å². The maximum atomic E-state index is 9.93. The van der Waals surface area contributed by atoms with Crippen molar-refractivity contribution in [2.24, 2.45) is 0 Å². The zero-order valence-corrected chi connectivity index (χ0v) is 16.1. The van der Waals surface area contributed by atoms with E-state index in [4.69, 9.17) is 0 Å². The Bertz CT molecular complexity index is 669. The molecule has 8 heteroatoms. The molecule has 0 bridgehead atoms. The van der Waals surface area contributed by atoms with Gasteiger partial charge in [-0.2, -0.15) is 0 Å². The molecule has 2 aromatic carbocycles. The second-order valence-corrected chi connectivity index (χ2v) is 11.5. The van der Waals surface area contributed by atoms with Gasteiger partial charge in [-0.3, -0.25) is 4.48 Å². The molecule has 2 aromatic rings. The predicted molar refractivity (Wildman–Crippen MR) is 87.4 cm³/mol. The molecular weight excluding hydrogens is 442 g/mol. The molecule has 136 valence electrons. The van der Waals surface area contributed by atoms with Crippen molar-refractivity contribution in [1.29, 1.82) is 0 Å². The number of hydrogen-bond donors (Lipinski definition) is 0. The Balaban J connectivity index is 0.000000351. The van der Waals surface area contributed by atoms with Crippen LogP contribution in [0.5, 0.6) is 0 Å². The molecule has 2 rings (SSSR count). The first-order valence-electron chi connectivity index (χ1n) is 7.04. The van der Waals surface area contributed by atoms with Crippen LogP contribution < -0.4 is 4.48 Å². The van der Waals surface area contributed by atoms with Gasteiger partial charge in [0.05, 0.1) is 14.1 Å². The fourth-order valence-electron chi connectivity index (χ4n) is 2.37. The maximum absolute atomic E-state index is 11.2. The predicted octanol–water partition coefficient (Wildman–Crippen LogP) is 5.90. The third-order valence-corrected chi connectivity index (χ3v) is 3.19. The van der Waals surface area contributed by atoms with Crippen LogP contribution in [0.15, 0.2) is 54.6 Å². The summed E-state index contributed by atoms with van der Waals surface area (Å²) in [7, 11) is 4.52. The van der Waals surface area contributed by atoms with Gasteiger partial charge in [-0.25, -0.2) is 0 Å². The van der Waals surface area contributed by atoms with Gasteiger partial charge in [0.2, 0.25) is 0 Å². The van der Waals surface area contributed by atoms with Crippen LogP contribution in [-0.2, 0) is 6.54 Å². The molecule has 0 fully saturated rings. The molecule has 0 heterocycles. The SMILES string of the molecule is Cc1ccccc1[N+](C)(C)Cc1ccccc1.[F][Sb-]([F])([F])([F])([F])[F]. The standard InChI is InChI=1S/C16H20N.6FH.Sb/c1-14-9-7-8-12-16(14)17(2,3)13-15-10-5-4-6-11-15;;;;;;;/h4-12H,13H2,1-3H3;6*1H;/q+1;;;;;;;+5/p-6. The quantitative estimate of drug-likeness (QED) is 0.303. The molecule has 0 saturated carbocycles. The van der Waals surface area contributed by atoms with E-state index in [-0.39, 0.29) is 0 Å². The number of halogens is 6. The van der Waals surface area contributed by atoms with Crippen LogP contribution in [0.25, 0.3) is 0 Å². The Labute approximate surface area is 140 Å². The van der Waals surface area contributed by atoms with Crippen LogP contribution in [-0.4, -0.2) is 33.6 Å². The van der Waals surface area contributed by atoms with Crippen molar-refractivity contribution >= 4 is 25.2 Å². The molecule has 1 nitrogen and oxygen atoms in total. The van der Waals surface area contributed by atoms with Gasteiger partial charge >= 0.3 is 36.4 Å². The molecule has 0 N–H and O–H groups in total. The Morgan fingerprint density at radius 2 is 1.17 bits per heavy atom. The molecule has 0 radical (unpaired) electrons. The number of para-hydroxylation sites is 1. The van der Waals surface area contributed by atoms with Crippen LogP contribution in [0.1, 0.15) is 11.1 Å². The van der Waals surface area contributed by atoms with E-state index in [2.05, 4.69) is 75.6 Å². The van der Waals surface area contributed by atoms with Crippen LogP contribution >= 0.6 is 0 Å². The Kier molecular flexibility index (Phi) is 5.44. The average Bonchev–Trinajstić information content (AvgIpc) is 2.36. The van der Waals surface area contributed by atoms with Gasteiger partial charge in [0, 0.05) is 11.1 Å². The van der Waals surface area contributed by atoms with Crippen molar-refractivity contribution in [3.8, 4) is 0 Å².